The molecule has 0 saturated heterocycles. The highest BCUT2D eigenvalue weighted by Crippen LogP contribution is 2.04. The minimum atomic E-state index is 1.27. The van der Waals surface area contributed by atoms with Crippen LogP contribution in [0.25, 0.3) is 0 Å². The highest BCUT2D eigenvalue weighted by Gasteiger charge is 1.88. The van der Waals surface area contributed by atoms with Crippen LogP contribution < -0.4 is 0 Å². The van der Waals surface area contributed by atoms with Gasteiger partial charge in [-0.1, -0.05) is 35.9 Å². The van der Waals surface area contributed by atoms with Crippen LogP contribution in [0, 0.1) is 6.92 Å². The summed E-state index contributed by atoms with van der Waals surface area (Å²) >= 11 is 0. The van der Waals surface area contributed by atoms with Crippen LogP contribution in [0.15, 0.2) is 24.3 Å². The molecule has 0 heterocycles. The van der Waals surface area contributed by atoms with Gasteiger partial charge in [-0.05, 0) is 18.9 Å². The maximum Gasteiger partial charge on any atom is 0.00321 e. The fraction of sp³-hybridized carbons (Fsp3) is 0.333. The van der Waals surface area contributed by atoms with Gasteiger partial charge in [-0.15, -0.1) is 0 Å². The molecule has 0 nitrogen and oxygen atoms in total. The molecule has 54 valence electrons. The van der Waals surface area contributed by atoms with Gasteiger partial charge in [0.25, 0.3) is 0 Å². The Kier molecular flexibility index (Phi) is 2.69. The molecule has 0 bridgehead atoms. The van der Waals surface area contributed by atoms with Crippen LogP contribution in [-0.2, 0) is 6.42 Å². The predicted molar refractivity (Wildman–Crippen MR) is 49.6 cm³/mol. The van der Waals surface area contributed by atoms with E-state index in [1.54, 1.807) is 0 Å². The molecule has 0 N–H and O–H groups in total. The Balaban J connectivity index is 2.69. The average molecular weight is 150 g/mol. The van der Waals surface area contributed by atoms with Crippen LogP contribution >= 0.6 is 0 Å². The standard InChI is InChI=1S/C9H14Si/c1-8-2-4-9(5-3-8)6-7-10/h2-5H,6-7H2,1,10H3. The molecule has 0 aromatic heterocycles. The van der Waals surface area contributed by atoms with Gasteiger partial charge in [0.15, 0.2) is 0 Å². The fourth-order valence-electron chi connectivity index (χ4n) is 1.04. The van der Waals surface area contributed by atoms with Gasteiger partial charge in [-0.3, -0.25) is 0 Å². The van der Waals surface area contributed by atoms with Crippen molar-refractivity contribution in [3.8, 4) is 0 Å². The molecule has 1 rings (SSSR count). The van der Waals surface area contributed by atoms with Gasteiger partial charge in [-0.25, -0.2) is 0 Å². The first-order valence-electron chi connectivity index (χ1n) is 3.88. The summed E-state index contributed by atoms with van der Waals surface area (Å²) in [5.74, 6) is 0. The first-order valence-corrected chi connectivity index (χ1v) is 5.30. The Labute approximate surface area is 65.7 Å². The molecule has 1 heteroatoms. The van der Waals surface area contributed by atoms with Crippen LogP contribution in [0.3, 0.4) is 0 Å². The maximum absolute atomic E-state index is 2.23. The van der Waals surface area contributed by atoms with Gasteiger partial charge < -0.3 is 0 Å². The molecule has 0 aliphatic heterocycles. The van der Waals surface area contributed by atoms with E-state index < -0.39 is 0 Å². The van der Waals surface area contributed by atoms with Crippen LogP contribution in [0.4, 0.5) is 0 Å². The summed E-state index contributed by atoms with van der Waals surface area (Å²) < 4.78 is 0. The highest BCUT2D eigenvalue weighted by molar-refractivity contribution is 6.08. The Morgan fingerprint density at radius 1 is 1.20 bits per heavy atom. The quantitative estimate of drug-likeness (QED) is 0.558. The van der Waals surface area contributed by atoms with Crippen LogP contribution in [0.2, 0.25) is 6.04 Å². The van der Waals surface area contributed by atoms with Gasteiger partial charge in [0.2, 0.25) is 0 Å². The zero-order valence-corrected chi connectivity index (χ0v) is 8.72. The summed E-state index contributed by atoms with van der Waals surface area (Å²) in [5.41, 5.74) is 2.85. The molecular formula is C9H14Si. The van der Waals surface area contributed by atoms with E-state index in [1.807, 2.05) is 0 Å². The van der Waals surface area contributed by atoms with Crippen molar-refractivity contribution in [3.05, 3.63) is 35.4 Å². The van der Waals surface area contributed by atoms with E-state index in [2.05, 4.69) is 31.2 Å². The first kappa shape index (κ1) is 7.54. The molecule has 0 aliphatic carbocycles. The van der Waals surface area contributed by atoms with E-state index in [0.29, 0.717) is 0 Å². The number of hydrogen-bond acceptors (Lipinski definition) is 0. The molecule has 0 aliphatic rings. The van der Waals surface area contributed by atoms with Crippen molar-refractivity contribution in [3.63, 3.8) is 0 Å². The lowest BCUT2D eigenvalue weighted by Crippen LogP contribution is -1.82. The summed E-state index contributed by atoms with van der Waals surface area (Å²) in [6.45, 7) is 2.13. The molecule has 0 unspecified atom stereocenters. The van der Waals surface area contributed by atoms with Crippen molar-refractivity contribution in [2.45, 2.75) is 19.4 Å². The van der Waals surface area contributed by atoms with Crippen molar-refractivity contribution >= 4 is 10.2 Å². The largest absolute Gasteiger partial charge is 0.0619 e. The second-order valence-corrected chi connectivity index (χ2v) is 3.74. The minimum Gasteiger partial charge on any atom is -0.0619 e. The summed E-state index contributed by atoms with van der Waals surface area (Å²) in [4.78, 5) is 0. The van der Waals surface area contributed by atoms with Gasteiger partial charge in [0.1, 0.15) is 0 Å². The zero-order valence-electron chi connectivity index (χ0n) is 6.72. The van der Waals surface area contributed by atoms with Crippen LogP contribution in [0.1, 0.15) is 11.1 Å². The minimum absolute atomic E-state index is 1.27. The van der Waals surface area contributed by atoms with Crippen molar-refractivity contribution in [2.24, 2.45) is 0 Å². The van der Waals surface area contributed by atoms with E-state index in [0.717, 1.165) is 0 Å². The molecule has 1 aromatic carbocycles. The molecule has 0 radical (unpaired) electrons. The topological polar surface area (TPSA) is 0 Å². The number of benzene rings is 1. The van der Waals surface area contributed by atoms with E-state index in [1.165, 1.54) is 33.8 Å². The summed E-state index contributed by atoms with van der Waals surface area (Å²) in [5, 5.41) is 0. The summed E-state index contributed by atoms with van der Waals surface area (Å²) in [7, 11) is 1.32. The van der Waals surface area contributed by atoms with Crippen LogP contribution in [0.5, 0.6) is 0 Å². The smallest absolute Gasteiger partial charge is 0.00321 e. The summed E-state index contributed by atoms with van der Waals surface area (Å²) in [6, 6.07) is 10.2. The molecule has 0 spiro atoms. The predicted octanol–water partition coefficient (Wildman–Crippen LogP) is 1.32. The Morgan fingerprint density at radius 2 is 1.80 bits per heavy atom. The van der Waals surface area contributed by atoms with Crippen molar-refractivity contribution < 1.29 is 0 Å². The number of hydrogen-bond donors (Lipinski definition) is 0. The average Bonchev–Trinajstić information content (AvgIpc) is 1.95. The van der Waals surface area contributed by atoms with Crippen LogP contribution in [-0.4, -0.2) is 10.2 Å². The molecule has 0 fully saturated rings. The number of rotatable bonds is 2. The zero-order chi connectivity index (χ0) is 7.40. The molecule has 10 heavy (non-hydrogen) atoms. The van der Waals surface area contributed by atoms with E-state index in [9.17, 15) is 0 Å². The second-order valence-electron chi connectivity index (χ2n) is 2.74. The maximum atomic E-state index is 2.23. The van der Waals surface area contributed by atoms with E-state index in [4.69, 9.17) is 0 Å². The lowest BCUT2D eigenvalue weighted by molar-refractivity contribution is 1.13. The Hall–Kier alpha value is -0.563. The van der Waals surface area contributed by atoms with Gasteiger partial charge in [0.05, 0.1) is 0 Å². The first-order chi connectivity index (χ1) is 4.83. The van der Waals surface area contributed by atoms with Gasteiger partial charge >= 0.3 is 0 Å². The third-order valence-corrected chi connectivity index (χ3v) is 2.16. The summed E-state index contributed by atoms with van der Waals surface area (Å²) in [6.07, 6.45) is 1.27. The molecule has 1 aromatic rings. The van der Waals surface area contributed by atoms with Crippen molar-refractivity contribution in [2.75, 3.05) is 0 Å². The third-order valence-electron chi connectivity index (χ3n) is 1.66. The highest BCUT2D eigenvalue weighted by atomic mass is 28.1. The SMILES string of the molecule is Cc1ccc(CC[SiH3])cc1. The fourth-order valence-corrected chi connectivity index (χ4v) is 1.62. The lowest BCUT2D eigenvalue weighted by atomic mass is 10.1. The number of aryl methyl sites for hydroxylation is 2. The van der Waals surface area contributed by atoms with Gasteiger partial charge in [0, 0.05) is 10.2 Å². The van der Waals surface area contributed by atoms with Gasteiger partial charge in [-0.2, -0.15) is 0 Å². The second kappa shape index (κ2) is 3.57. The molecule has 0 amide bonds. The van der Waals surface area contributed by atoms with E-state index in [-0.39, 0.29) is 0 Å². The van der Waals surface area contributed by atoms with E-state index >= 15 is 0 Å². The lowest BCUT2D eigenvalue weighted by Gasteiger charge is -1.97. The molecular weight excluding hydrogens is 136 g/mol. The van der Waals surface area contributed by atoms with Crippen molar-refractivity contribution in [1.29, 1.82) is 0 Å². The monoisotopic (exact) mass is 150 g/mol. The Bertz CT molecular complexity index is 188. The third kappa shape index (κ3) is 1.99. The molecule has 0 saturated carbocycles. The normalized spacial score (nSPS) is 10.1. The Morgan fingerprint density at radius 3 is 2.30 bits per heavy atom. The van der Waals surface area contributed by atoms with Crippen molar-refractivity contribution in [1.82, 2.24) is 0 Å². The molecule has 0 atom stereocenters.